The van der Waals surface area contributed by atoms with Crippen LogP contribution in [0.1, 0.15) is 13.3 Å². The summed E-state index contributed by atoms with van der Waals surface area (Å²) in [6.45, 7) is 1.80. The van der Waals surface area contributed by atoms with Gasteiger partial charge in [0.1, 0.15) is 0 Å². The van der Waals surface area contributed by atoms with Crippen molar-refractivity contribution >= 4 is 26.8 Å². The van der Waals surface area contributed by atoms with Crippen molar-refractivity contribution in [2.45, 2.75) is 13.3 Å². The van der Waals surface area contributed by atoms with Gasteiger partial charge >= 0.3 is 0 Å². The highest BCUT2D eigenvalue weighted by Gasteiger charge is 2.02. The van der Waals surface area contributed by atoms with E-state index in [0.717, 1.165) is 17.2 Å². The average molecular weight is 208 g/mol. The van der Waals surface area contributed by atoms with Gasteiger partial charge in [0.2, 0.25) is 0 Å². The van der Waals surface area contributed by atoms with Gasteiger partial charge in [0.15, 0.2) is 15.0 Å². The van der Waals surface area contributed by atoms with Gasteiger partial charge in [0.25, 0.3) is 0 Å². The third-order valence-corrected chi connectivity index (χ3v) is 3.17. The van der Waals surface area contributed by atoms with Crippen molar-refractivity contribution in [3.63, 3.8) is 0 Å². The SMILES string of the molecule is CCCS(=O)(=O)/C=C/SC(=N)N. The molecule has 0 heterocycles. The summed E-state index contributed by atoms with van der Waals surface area (Å²) >= 11 is 0.885. The molecule has 3 N–H and O–H groups in total. The van der Waals surface area contributed by atoms with E-state index >= 15 is 0 Å². The third-order valence-electron chi connectivity index (χ3n) is 0.947. The van der Waals surface area contributed by atoms with Crippen molar-refractivity contribution in [2.75, 3.05) is 5.75 Å². The van der Waals surface area contributed by atoms with E-state index in [9.17, 15) is 8.42 Å². The van der Waals surface area contributed by atoms with Crippen molar-refractivity contribution in [3.8, 4) is 0 Å². The first-order chi connectivity index (χ1) is 5.48. The Labute approximate surface area is 76.6 Å². The van der Waals surface area contributed by atoms with Gasteiger partial charge in [0.05, 0.1) is 5.75 Å². The number of thioether (sulfide) groups is 1. The molecule has 70 valence electrons. The molecule has 0 bridgehead atoms. The molecule has 0 atom stereocenters. The van der Waals surface area contributed by atoms with Gasteiger partial charge in [-0.25, -0.2) is 8.42 Å². The molecule has 0 aliphatic heterocycles. The maximum atomic E-state index is 11.0. The van der Waals surface area contributed by atoms with Crippen LogP contribution in [0.3, 0.4) is 0 Å². The fourth-order valence-corrected chi connectivity index (χ4v) is 2.29. The third kappa shape index (κ3) is 6.23. The summed E-state index contributed by atoms with van der Waals surface area (Å²) in [5.74, 6) is 0.141. The van der Waals surface area contributed by atoms with Crippen LogP contribution < -0.4 is 5.73 Å². The summed E-state index contributed by atoms with van der Waals surface area (Å²) in [5.41, 5.74) is 5.00. The lowest BCUT2D eigenvalue weighted by Crippen LogP contribution is -2.03. The zero-order valence-corrected chi connectivity index (χ0v) is 8.41. The van der Waals surface area contributed by atoms with Crippen LogP contribution in [-0.4, -0.2) is 19.3 Å². The molecule has 0 aliphatic rings. The molecular weight excluding hydrogens is 196 g/mol. The Morgan fingerprint density at radius 1 is 1.67 bits per heavy atom. The van der Waals surface area contributed by atoms with Crippen LogP contribution in [0.5, 0.6) is 0 Å². The Morgan fingerprint density at radius 3 is 2.67 bits per heavy atom. The number of amidine groups is 1. The number of hydrogen-bond acceptors (Lipinski definition) is 4. The number of sulfone groups is 1. The van der Waals surface area contributed by atoms with Crippen LogP contribution in [0.4, 0.5) is 0 Å². The second kappa shape index (κ2) is 5.21. The molecule has 0 rings (SSSR count). The average Bonchev–Trinajstić information content (AvgIpc) is 1.85. The number of hydrogen-bond donors (Lipinski definition) is 2. The lowest BCUT2D eigenvalue weighted by molar-refractivity contribution is 0.603. The first-order valence-corrected chi connectivity index (χ1v) is 5.97. The Morgan fingerprint density at radius 2 is 2.25 bits per heavy atom. The maximum absolute atomic E-state index is 11.0. The van der Waals surface area contributed by atoms with Crippen molar-refractivity contribution in [1.82, 2.24) is 0 Å². The summed E-state index contributed by atoms with van der Waals surface area (Å²) in [4.78, 5) is 0. The van der Waals surface area contributed by atoms with Crippen molar-refractivity contribution in [2.24, 2.45) is 5.73 Å². The van der Waals surface area contributed by atoms with E-state index in [1.54, 1.807) is 6.92 Å². The predicted molar refractivity (Wildman–Crippen MR) is 52.7 cm³/mol. The second-order valence-electron chi connectivity index (χ2n) is 2.12. The molecular formula is C6H12N2O2S2. The van der Waals surface area contributed by atoms with Crippen LogP contribution in [0.15, 0.2) is 10.8 Å². The van der Waals surface area contributed by atoms with Crippen LogP contribution in [0.2, 0.25) is 0 Å². The summed E-state index contributed by atoms with van der Waals surface area (Å²) in [5, 5.41) is 9.08. The van der Waals surface area contributed by atoms with E-state index in [4.69, 9.17) is 11.1 Å². The molecule has 0 fully saturated rings. The van der Waals surface area contributed by atoms with Gasteiger partial charge in [-0.05, 0) is 11.8 Å². The van der Waals surface area contributed by atoms with Gasteiger partial charge in [0, 0.05) is 5.41 Å². The number of nitrogens with two attached hydrogens (primary N) is 1. The normalized spacial score (nSPS) is 12.1. The summed E-state index contributed by atoms with van der Waals surface area (Å²) in [7, 11) is -3.08. The first kappa shape index (κ1) is 11.5. The molecule has 6 heteroatoms. The summed E-state index contributed by atoms with van der Waals surface area (Å²) < 4.78 is 22.0. The van der Waals surface area contributed by atoms with E-state index in [-0.39, 0.29) is 10.9 Å². The molecule has 0 amide bonds. The molecule has 4 nitrogen and oxygen atoms in total. The topological polar surface area (TPSA) is 84.0 Å². The number of rotatable bonds is 4. The second-order valence-corrected chi connectivity index (χ2v) is 5.08. The van der Waals surface area contributed by atoms with Gasteiger partial charge in [-0.2, -0.15) is 0 Å². The Bertz CT molecular complexity index is 269. The van der Waals surface area contributed by atoms with Crippen molar-refractivity contribution in [3.05, 3.63) is 10.8 Å². The van der Waals surface area contributed by atoms with Crippen molar-refractivity contribution < 1.29 is 8.42 Å². The zero-order valence-electron chi connectivity index (χ0n) is 6.78. The van der Waals surface area contributed by atoms with E-state index in [1.807, 2.05) is 0 Å². The highest BCUT2D eigenvalue weighted by molar-refractivity contribution is 8.16. The lowest BCUT2D eigenvalue weighted by atomic mass is 10.6. The van der Waals surface area contributed by atoms with Gasteiger partial charge < -0.3 is 5.73 Å². The molecule has 0 aliphatic carbocycles. The smallest absolute Gasteiger partial charge is 0.172 e. The zero-order chi connectivity index (χ0) is 9.61. The van der Waals surface area contributed by atoms with Gasteiger partial charge in [-0.3, -0.25) is 5.41 Å². The van der Waals surface area contributed by atoms with Crippen LogP contribution in [-0.2, 0) is 9.84 Å². The highest BCUT2D eigenvalue weighted by Crippen LogP contribution is 2.03. The number of nitrogens with one attached hydrogen (secondary N) is 1. The quantitative estimate of drug-likeness (QED) is 0.531. The van der Waals surface area contributed by atoms with Crippen LogP contribution >= 0.6 is 11.8 Å². The Hall–Kier alpha value is -0.490. The molecule has 0 aromatic heterocycles. The fourth-order valence-electron chi connectivity index (χ4n) is 0.538. The van der Waals surface area contributed by atoms with E-state index in [1.165, 1.54) is 5.41 Å². The van der Waals surface area contributed by atoms with Gasteiger partial charge in [-0.15, -0.1) is 0 Å². The minimum atomic E-state index is -3.08. The maximum Gasteiger partial charge on any atom is 0.172 e. The predicted octanol–water partition coefficient (Wildman–Crippen LogP) is 0.909. The summed E-state index contributed by atoms with van der Waals surface area (Å²) in [6.07, 6.45) is 0.595. The van der Waals surface area contributed by atoms with Gasteiger partial charge in [-0.1, -0.05) is 18.7 Å². The molecule has 0 saturated heterocycles. The fraction of sp³-hybridized carbons (Fsp3) is 0.500. The molecule has 0 spiro atoms. The largest absolute Gasteiger partial charge is 0.378 e. The molecule has 0 unspecified atom stereocenters. The standard InChI is InChI=1S/C6H12N2O2S2/c1-2-4-12(9,10)5-3-11-6(7)8/h3,5H,2,4H2,1H3,(H3,7,8)/b5-3+. The van der Waals surface area contributed by atoms with E-state index in [0.29, 0.717) is 6.42 Å². The van der Waals surface area contributed by atoms with Crippen LogP contribution in [0.25, 0.3) is 0 Å². The first-order valence-electron chi connectivity index (χ1n) is 3.38. The molecule has 0 saturated carbocycles. The van der Waals surface area contributed by atoms with E-state index in [2.05, 4.69) is 0 Å². The van der Waals surface area contributed by atoms with Crippen LogP contribution in [0, 0.1) is 5.41 Å². The monoisotopic (exact) mass is 208 g/mol. The Balaban J connectivity index is 4.06. The molecule has 0 aromatic carbocycles. The Kier molecular flexibility index (Phi) is 5.00. The highest BCUT2D eigenvalue weighted by atomic mass is 32.2. The molecule has 12 heavy (non-hydrogen) atoms. The van der Waals surface area contributed by atoms with E-state index < -0.39 is 9.84 Å². The molecule has 0 aromatic rings. The van der Waals surface area contributed by atoms with Crippen molar-refractivity contribution in [1.29, 1.82) is 5.41 Å². The minimum Gasteiger partial charge on any atom is -0.378 e. The summed E-state index contributed by atoms with van der Waals surface area (Å²) in [6, 6.07) is 0. The minimum absolute atomic E-state index is 0.113. The lowest BCUT2D eigenvalue weighted by Gasteiger charge is -1.93. The molecule has 0 radical (unpaired) electrons.